The molecule has 5 nitrogen and oxygen atoms in total. The smallest absolute Gasteiger partial charge is 0.388 e. The number of aliphatic hydroxyl groups is 1. The van der Waals surface area contributed by atoms with Crippen LogP contribution in [-0.4, -0.2) is 56.6 Å². The molecule has 3 heterocycles. The molecule has 1 saturated heterocycles. The Hall–Kier alpha value is -2.22. The van der Waals surface area contributed by atoms with Gasteiger partial charge in [0.1, 0.15) is 0 Å². The molecule has 2 aromatic rings. The van der Waals surface area contributed by atoms with E-state index in [1.807, 2.05) is 20.1 Å². The number of nitrogens with zero attached hydrogens (tertiary/aromatic N) is 4. The lowest BCUT2D eigenvalue weighted by Crippen LogP contribution is -2.39. The molecule has 2 aliphatic heterocycles. The molecule has 250 valence electrons. The van der Waals surface area contributed by atoms with Crippen LogP contribution in [0.25, 0.3) is 0 Å². The van der Waals surface area contributed by atoms with Gasteiger partial charge in [0.05, 0.1) is 27.8 Å². The maximum absolute atomic E-state index is 17.1. The topological polar surface area (TPSA) is 61.1 Å². The predicted octanol–water partition coefficient (Wildman–Crippen LogP) is 8.88. The maximum Gasteiger partial charge on any atom is 0.416 e. The fourth-order valence-electron chi connectivity index (χ4n) is 7.65. The van der Waals surface area contributed by atoms with Gasteiger partial charge < -0.3 is 10.0 Å². The van der Waals surface area contributed by atoms with Crippen LogP contribution < -0.4 is 0 Å². The van der Waals surface area contributed by atoms with Crippen LogP contribution in [0, 0.1) is 5.41 Å². The molecule has 0 bridgehead atoms. The summed E-state index contributed by atoms with van der Waals surface area (Å²) in [5.74, 6) is -2.75. The molecule has 3 unspecified atom stereocenters. The number of piperidine rings is 1. The van der Waals surface area contributed by atoms with Crippen molar-refractivity contribution in [3.8, 4) is 0 Å². The minimum atomic E-state index is -4.57. The highest BCUT2D eigenvalue weighted by Crippen LogP contribution is 2.52. The van der Waals surface area contributed by atoms with Gasteiger partial charge in [-0.2, -0.15) is 13.2 Å². The van der Waals surface area contributed by atoms with Gasteiger partial charge in [0.25, 0.3) is 0 Å². The van der Waals surface area contributed by atoms with E-state index in [-0.39, 0.29) is 52.1 Å². The van der Waals surface area contributed by atoms with Crippen LogP contribution in [0.4, 0.5) is 26.3 Å². The van der Waals surface area contributed by atoms with Gasteiger partial charge >= 0.3 is 6.18 Å². The fourth-order valence-corrected chi connectivity index (χ4v) is 8.01. The average molecular weight is 761 g/mol. The molecule has 1 saturated carbocycles. The molecule has 0 amide bonds. The van der Waals surface area contributed by atoms with Gasteiger partial charge in [0.2, 0.25) is 11.9 Å². The first-order valence-corrected chi connectivity index (χ1v) is 17.3. The lowest BCUT2D eigenvalue weighted by Gasteiger charge is -2.41. The summed E-state index contributed by atoms with van der Waals surface area (Å²) in [6.45, 7) is 5.95. The van der Waals surface area contributed by atoms with Crippen LogP contribution in [-0.2, 0) is 12.6 Å². The van der Waals surface area contributed by atoms with E-state index in [1.54, 1.807) is 0 Å². The van der Waals surface area contributed by atoms with E-state index in [2.05, 4.69) is 37.5 Å². The fraction of sp³-hybridized carbons (Fsp3) is 0.618. The number of hydrogen-bond acceptors (Lipinski definition) is 5. The van der Waals surface area contributed by atoms with Gasteiger partial charge in [-0.3, -0.25) is 4.98 Å². The number of likely N-dealkylation sites (tertiary alicyclic amines) is 1. The number of benzene rings is 1. The number of aliphatic imine (C=N–C) groups is 2. The van der Waals surface area contributed by atoms with E-state index in [1.165, 1.54) is 0 Å². The van der Waals surface area contributed by atoms with Gasteiger partial charge in [0.15, 0.2) is 6.17 Å². The summed E-state index contributed by atoms with van der Waals surface area (Å²) >= 11 is 2.28. The third-order valence-electron chi connectivity index (χ3n) is 9.98. The van der Waals surface area contributed by atoms with E-state index < -0.39 is 35.9 Å². The first kappa shape index (κ1) is 33.7. The van der Waals surface area contributed by atoms with Crippen molar-refractivity contribution in [1.29, 1.82) is 0 Å². The normalized spacial score (nSPS) is 26.0. The van der Waals surface area contributed by atoms with Crippen LogP contribution in [0.3, 0.4) is 0 Å². The number of aromatic nitrogens is 1. The van der Waals surface area contributed by atoms with Gasteiger partial charge in [-0.15, -0.1) is 0 Å². The zero-order chi connectivity index (χ0) is 33.0. The highest BCUT2D eigenvalue weighted by Gasteiger charge is 2.44. The number of fused-ring (bicyclic) bond motifs is 1. The third-order valence-corrected chi connectivity index (χ3v) is 10.7. The van der Waals surface area contributed by atoms with Gasteiger partial charge in [0, 0.05) is 54.9 Å². The molecule has 1 N–H and O–H groups in total. The molecule has 0 radical (unpaired) electrons. The standard InChI is InChI=1S/C34H39F6IN4O/c1-32(2)15-24-27(25(46)16-32)26(19-7-11-33(36,37)12-8-19)28(29(35)20-3-5-22(6-4-20)34(38,39)40)30(44-24)21-9-13-45(14-10-21)31-42-17-23(41)18-43-31/h3-6,17,19,21,23,25,29,46H,7-16,18H2,1-2H3. The summed E-state index contributed by atoms with van der Waals surface area (Å²) < 4.78 is 86.3. The molecule has 2 fully saturated rings. The minimum absolute atomic E-state index is 0.0423. The van der Waals surface area contributed by atoms with E-state index in [4.69, 9.17) is 4.98 Å². The summed E-state index contributed by atoms with van der Waals surface area (Å²) in [6.07, 6.45) is -3.75. The van der Waals surface area contributed by atoms with Gasteiger partial charge in [-0.05, 0) is 73.1 Å². The second kappa shape index (κ2) is 12.7. The van der Waals surface area contributed by atoms with Gasteiger partial charge in [-0.1, -0.05) is 48.6 Å². The van der Waals surface area contributed by atoms with Crippen molar-refractivity contribution >= 4 is 34.8 Å². The zero-order valence-corrected chi connectivity index (χ0v) is 28.1. The van der Waals surface area contributed by atoms with E-state index in [0.717, 1.165) is 24.3 Å². The van der Waals surface area contributed by atoms with Crippen LogP contribution in [0.1, 0.15) is 122 Å². The molecule has 2 aliphatic carbocycles. The van der Waals surface area contributed by atoms with E-state index >= 15 is 4.39 Å². The van der Waals surface area contributed by atoms with Crippen LogP contribution in [0.2, 0.25) is 0 Å². The minimum Gasteiger partial charge on any atom is -0.388 e. The summed E-state index contributed by atoms with van der Waals surface area (Å²) in [7, 11) is 0. The summed E-state index contributed by atoms with van der Waals surface area (Å²) in [4.78, 5) is 16.3. The van der Waals surface area contributed by atoms with Crippen molar-refractivity contribution < 1.29 is 31.4 Å². The first-order chi connectivity index (χ1) is 21.6. The van der Waals surface area contributed by atoms with Crippen molar-refractivity contribution in [2.45, 2.75) is 105 Å². The summed E-state index contributed by atoms with van der Waals surface area (Å²) in [5, 5.41) is 11.5. The number of rotatable bonds is 4. The number of hydrogen-bond donors (Lipinski definition) is 1. The van der Waals surface area contributed by atoms with Crippen molar-refractivity contribution in [3.05, 3.63) is 63.5 Å². The van der Waals surface area contributed by atoms with Crippen LogP contribution >= 0.6 is 22.6 Å². The molecule has 6 rings (SSSR count). The molecule has 1 aromatic heterocycles. The Morgan fingerprint density at radius 1 is 0.978 bits per heavy atom. The van der Waals surface area contributed by atoms with Crippen molar-refractivity contribution in [1.82, 2.24) is 9.88 Å². The van der Waals surface area contributed by atoms with Crippen LogP contribution in [0.15, 0.2) is 34.3 Å². The van der Waals surface area contributed by atoms with Crippen molar-refractivity contribution in [3.63, 3.8) is 0 Å². The monoisotopic (exact) mass is 760 g/mol. The predicted molar refractivity (Wildman–Crippen MR) is 174 cm³/mol. The average Bonchev–Trinajstić information content (AvgIpc) is 2.99. The maximum atomic E-state index is 17.1. The van der Waals surface area contributed by atoms with Crippen LogP contribution in [0.5, 0.6) is 0 Å². The molecule has 0 spiro atoms. The Balaban J connectivity index is 1.46. The molecular formula is C34H39F6IN4O. The largest absolute Gasteiger partial charge is 0.416 e. The summed E-state index contributed by atoms with van der Waals surface area (Å²) in [5.41, 5.74) is 1.40. The highest BCUT2D eigenvalue weighted by molar-refractivity contribution is 14.1. The van der Waals surface area contributed by atoms with Crippen molar-refractivity contribution in [2.75, 3.05) is 19.6 Å². The van der Waals surface area contributed by atoms with Gasteiger partial charge in [-0.25, -0.2) is 23.2 Å². The van der Waals surface area contributed by atoms with Crippen molar-refractivity contribution in [2.24, 2.45) is 15.4 Å². The lowest BCUT2D eigenvalue weighted by molar-refractivity contribution is -0.137. The Kier molecular flexibility index (Phi) is 9.27. The number of pyridine rings is 1. The number of halogens is 7. The third kappa shape index (κ3) is 6.98. The second-order valence-electron chi connectivity index (χ2n) is 14.1. The Bertz CT molecular complexity index is 1490. The quantitative estimate of drug-likeness (QED) is 0.193. The van der Waals surface area contributed by atoms with E-state index in [0.29, 0.717) is 73.8 Å². The molecule has 4 aliphatic rings. The highest BCUT2D eigenvalue weighted by atomic mass is 127. The first-order valence-electron chi connectivity index (χ1n) is 16.0. The number of aliphatic hydroxyl groups excluding tert-OH is 1. The molecule has 46 heavy (non-hydrogen) atoms. The molecular weight excluding hydrogens is 721 g/mol. The Morgan fingerprint density at radius 2 is 1.63 bits per heavy atom. The molecule has 12 heteroatoms. The van der Waals surface area contributed by atoms with E-state index in [9.17, 15) is 27.1 Å². The Morgan fingerprint density at radius 3 is 2.22 bits per heavy atom. The number of alkyl halides is 7. The molecule has 3 atom stereocenters. The lowest BCUT2D eigenvalue weighted by atomic mass is 9.68. The summed E-state index contributed by atoms with van der Waals surface area (Å²) in [6, 6.07) is 4.04. The molecule has 1 aromatic carbocycles. The zero-order valence-electron chi connectivity index (χ0n) is 25.9. The Labute approximate surface area is 279 Å². The number of guanidine groups is 1. The SMILES string of the molecule is CC1(C)Cc2nc(C3CCN(C4=NCC(I)C=N4)CC3)c(C(F)c3ccc(C(F)(F)F)cc3)c(C3CCC(F)(F)CC3)c2C(O)C1. The second-order valence-corrected chi connectivity index (χ2v) is 15.7.